The van der Waals surface area contributed by atoms with E-state index in [-0.39, 0.29) is 11.8 Å². The Labute approximate surface area is 217 Å². The fourth-order valence-electron chi connectivity index (χ4n) is 5.65. The molecule has 194 valence electrons. The highest BCUT2D eigenvalue weighted by molar-refractivity contribution is 5.78. The third-order valence-corrected chi connectivity index (χ3v) is 7.57. The van der Waals surface area contributed by atoms with E-state index in [0.29, 0.717) is 12.8 Å². The number of fused-ring (bicyclic) bond motifs is 2. The summed E-state index contributed by atoms with van der Waals surface area (Å²) >= 11 is 0. The van der Waals surface area contributed by atoms with Crippen molar-refractivity contribution in [3.8, 4) is 11.5 Å². The van der Waals surface area contributed by atoms with E-state index in [1.807, 2.05) is 78.9 Å². The van der Waals surface area contributed by atoms with Crippen LogP contribution in [0.1, 0.15) is 29.5 Å². The first-order valence-electron chi connectivity index (χ1n) is 12.6. The molecule has 0 aliphatic carbocycles. The Morgan fingerprint density at radius 2 is 1.35 bits per heavy atom. The number of hydrogen-bond acceptors (Lipinski definition) is 6. The molecule has 2 saturated heterocycles. The van der Waals surface area contributed by atoms with Gasteiger partial charge in [-0.3, -0.25) is 4.79 Å². The van der Waals surface area contributed by atoms with Gasteiger partial charge in [0.25, 0.3) is 0 Å². The van der Waals surface area contributed by atoms with Crippen LogP contribution in [0.5, 0.6) is 11.5 Å². The quantitative estimate of drug-likeness (QED) is 0.457. The molecule has 2 fully saturated rings. The minimum absolute atomic E-state index is 0.0363. The van der Waals surface area contributed by atoms with E-state index in [2.05, 4.69) is 5.32 Å². The second kappa shape index (κ2) is 10.5. The summed E-state index contributed by atoms with van der Waals surface area (Å²) in [4.78, 5) is 12.5. The topological polar surface area (TPSA) is 86.3 Å². The summed E-state index contributed by atoms with van der Waals surface area (Å²) in [5, 5.41) is 14.1. The summed E-state index contributed by atoms with van der Waals surface area (Å²) < 4.78 is 24.1. The first-order chi connectivity index (χ1) is 18.0. The predicted octanol–water partition coefficient (Wildman–Crippen LogP) is 3.67. The molecule has 0 radical (unpaired) electrons. The van der Waals surface area contributed by atoms with Gasteiger partial charge >= 0.3 is 0 Å². The molecular formula is C30H33NO6. The number of benzene rings is 3. The van der Waals surface area contributed by atoms with Gasteiger partial charge in [0.2, 0.25) is 5.91 Å². The van der Waals surface area contributed by atoms with Crippen molar-refractivity contribution in [1.29, 1.82) is 0 Å². The zero-order chi connectivity index (χ0) is 26.0. The maximum atomic E-state index is 12.5. The van der Waals surface area contributed by atoms with Gasteiger partial charge in [0, 0.05) is 13.0 Å². The summed E-state index contributed by atoms with van der Waals surface area (Å²) in [5.41, 5.74) is 1.58. The van der Waals surface area contributed by atoms with Crippen molar-refractivity contribution >= 4 is 5.91 Å². The fraction of sp³-hybridized carbons (Fsp3) is 0.367. The number of carbonyl (C=O) groups is 1. The van der Waals surface area contributed by atoms with Gasteiger partial charge in [-0.2, -0.15) is 0 Å². The van der Waals surface area contributed by atoms with Crippen molar-refractivity contribution in [2.75, 3.05) is 21.3 Å². The first-order valence-corrected chi connectivity index (χ1v) is 12.6. The van der Waals surface area contributed by atoms with Gasteiger partial charge in [0.15, 0.2) is 0 Å². The molecule has 2 N–H and O–H groups in total. The molecule has 1 amide bonds. The van der Waals surface area contributed by atoms with Gasteiger partial charge in [-0.15, -0.1) is 0 Å². The zero-order valence-corrected chi connectivity index (χ0v) is 21.3. The monoisotopic (exact) mass is 503 g/mol. The Hall–Kier alpha value is -3.39. The molecule has 0 spiro atoms. The van der Waals surface area contributed by atoms with Gasteiger partial charge in [0.05, 0.1) is 26.4 Å². The number of nitrogens with one attached hydrogen (secondary N) is 1. The molecule has 7 heteroatoms. The van der Waals surface area contributed by atoms with E-state index < -0.39 is 30.0 Å². The molecule has 5 rings (SSSR count). The Morgan fingerprint density at radius 3 is 1.86 bits per heavy atom. The molecule has 3 aromatic carbocycles. The SMILES string of the molecule is CNC(=O)[C@@H]1C[C@@H]2O[C@H](C1)[C@@H](O)[C@H]2OC(c1ccccc1)(c1ccc(OC)cc1)c1ccc(OC)cc1. The third kappa shape index (κ3) is 4.59. The van der Waals surface area contributed by atoms with Gasteiger partial charge in [-0.05, 0) is 53.8 Å². The van der Waals surface area contributed by atoms with Crippen LogP contribution in [0.3, 0.4) is 0 Å². The minimum atomic E-state index is -1.07. The lowest BCUT2D eigenvalue weighted by molar-refractivity contribution is -0.134. The molecule has 37 heavy (non-hydrogen) atoms. The van der Waals surface area contributed by atoms with Crippen LogP contribution < -0.4 is 14.8 Å². The van der Waals surface area contributed by atoms with E-state index in [9.17, 15) is 9.90 Å². The maximum absolute atomic E-state index is 12.5. The minimum Gasteiger partial charge on any atom is -0.497 e. The van der Waals surface area contributed by atoms with E-state index in [1.165, 1.54) is 0 Å². The summed E-state index contributed by atoms with van der Waals surface area (Å²) in [6.07, 6.45) is -1.47. The molecule has 2 aliphatic rings. The van der Waals surface area contributed by atoms with Gasteiger partial charge < -0.3 is 29.4 Å². The van der Waals surface area contributed by atoms with Crippen LogP contribution in [0.2, 0.25) is 0 Å². The molecule has 0 aromatic heterocycles. The summed E-state index contributed by atoms with van der Waals surface area (Å²) in [6, 6.07) is 25.5. The highest BCUT2D eigenvalue weighted by Crippen LogP contribution is 2.47. The second-order valence-electron chi connectivity index (χ2n) is 9.57. The van der Waals surface area contributed by atoms with Crippen molar-refractivity contribution in [3.05, 3.63) is 95.6 Å². The second-order valence-corrected chi connectivity index (χ2v) is 9.57. The molecule has 0 saturated carbocycles. The van der Waals surface area contributed by atoms with Crippen LogP contribution in [0.25, 0.3) is 0 Å². The van der Waals surface area contributed by atoms with Crippen molar-refractivity contribution in [3.63, 3.8) is 0 Å². The lowest BCUT2D eigenvalue weighted by atomic mass is 9.79. The molecule has 0 unspecified atom stereocenters. The van der Waals surface area contributed by atoms with Gasteiger partial charge in [-0.25, -0.2) is 0 Å². The van der Waals surface area contributed by atoms with Gasteiger partial charge in [-0.1, -0.05) is 54.6 Å². The highest BCUT2D eigenvalue weighted by Gasteiger charge is 2.54. The molecule has 2 aliphatic heterocycles. The highest BCUT2D eigenvalue weighted by atomic mass is 16.6. The summed E-state index contributed by atoms with van der Waals surface area (Å²) in [6.45, 7) is 0. The number of methoxy groups -OCH3 is 2. The summed E-state index contributed by atoms with van der Waals surface area (Å²) in [5.74, 6) is 1.19. The van der Waals surface area contributed by atoms with Crippen molar-refractivity contribution in [2.45, 2.75) is 42.9 Å². The lowest BCUT2D eigenvalue weighted by Gasteiger charge is -2.40. The Morgan fingerprint density at radius 1 is 0.838 bits per heavy atom. The smallest absolute Gasteiger partial charge is 0.223 e. The molecular weight excluding hydrogens is 470 g/mol. The predicted molar refractivity (Wildman–Crippen MR) is 139 cm³/mol. The number of aliphatic hydroxyl groups excluding tert-OH is 1. The van der Waals surface area contributed by atoms with E-state index >= 15 is 0 Å². The number of amides is 1. The first kappa shape index (κ1) is 25.3. The molecule has 2 heterocycles. The average molecular weight is 504 g/mol. The standard InChI is InChI=1S/C30H33NO6/c1-31-29(33)19-17-25-27(32)28(26(18-19)36-25)37-30(20-7-5-4-6-8-20,21-9-13-23(34-2)14-10-21)22-11-15-24(35-3)16-12-22/h4-16,19,25-28,32H,17-18H2,1-3H3,(H,31,33)/t19-,25+,26-,27+,28-/m0/s1. The van der Waals surface area contributed by atoms with Crippen LogP contribution in [0.4, 0.5) is 0 Å². The molecule has 5 atom stereocenters. The van der Waals surface area contributed by atoms with Gasteiger partial charge in [0.1, 0.15) is 29.3 Å². The average Bonchev–Trinajstić information content (AvgIpc) is 3.18. The normalized spacial score (nSPS) is 24.9. The fourth-order valence-corrected chi connectivity index (χ4v) is 5.65. The van der Waals surface area contributed by atoms with E-state index in [4.69, 9.17) is 18.9 Å². The van der Waals surface area contributed by atoms with Crippen molar-refractivity contribution < 1.29 is 28.8 Å². The Kier molecular flexibility index (Phi) is 7.20. The van der Waals surface area contributed by atoms with Crippen molar-refractivity contribution in [2.24, 2.45) is 5.92 Å². The van der Waals surface area contributed by atoms with Crippen LogP contribution in [-0.4, -0.2) is 56.7 Å². The molecule has 3 aromatic rings. The van der Waals surface area contributed by atoms with Crippen LogP contribution in [0, 0.1) is 5.92 Å². The van der Waals surface area contributed by atoms with E-state index in [0.717, 1.165) is 28.2 Å². The summed E-state index contributed by atoms with van der Waals surface area (Å²) in [7, 11) is 4.90. The zero-order valence-electron chi connectivity index (χ0n) is 21.3. The number of rotatable bonds is 8. The van der Waals surface area contributed by atoms with Crippen LogP contribution >= 0.6 is 0 Å². The number of carbonyl (C=O) groups excluding carboxylic acids is 1. The third-order valence-electron chi connectivity index (χ3n) is 7.57. The molecule has 7 nitrogen and oxygen atoms in total. The Bertz CT molecular complexity index is 1150. The number of aliphatic hydroxyl groups is 1. The van der Waals surface area contributed by atoms with Crippen LogP contribution in [-0.2, 0) is 19.9 Å². The maximum Gasteiger partial charge on any atom is 0.223 e. The lowest BCUT2D eigenvalue weighted by Crippen LogP contribution is -2.44. The van der Waals surface area contributed by atoms with Crippen LogP contribution in [0.15, 0.2) is 78.9 Å². The largest absolute Gasteiger partial charge is 0.497 e. The number of ether oxygens (including phenoxy) is 4. The molecule has 2 bridgehead atoms. The van der Waals surface area contributed by atoms with E-state index in [1.54, 1.807) is 21.3 Å². The number of hydrogen-bond donors (Lipinski definition) is 2. The Balaban J connectivity index is 1.65. The van der Waals surface area contributed by atoms with Crippen molar-refractivity contribution in [1.82, 2.24) is 5.32 Å².